The fourth-order valence-corrected chi connectivity index (χ4v) is 2.28. The average molecular weight is 313 g/mol. The number of piperazine rings is 1. The molecule has 0 aromatic heterocycles. The minimum Gasteiger partial charge on any atom is -0.492 e. The molecule has 1 aromatic carbocycles. The van der Waals surface area contributed by atoms with E-state index in [-0.39, 0.29) is 5.91 Å². The molecule has 5 heteroatoms. The second-order valence-corrected chi connectivity index (χ2v) is 5.01. The van der Waals surface area contributed by atoms with Crippen LogP contribution < -0.4 is 10.1 Å². The van der Waals surface area contributed by atoms with Gasteiger partial charge in [-0.25, -0.2) is 0 Å². The van der Waals surface area contributed by atoms with Gasteiger partial charge in [-0.3, -0.25) is 4.79 Å². The second kappa shape index (κ2) is 6.75. The molecular weight excluding hydrogens is 296 g/mol. The predicted molar refractivity (Wildman–Crippen MR) is 73.7 cm³/mol. The Morgan fingerprint density at radius 2 is 2.06 bits per heavy atom. The van der Waals surface area contributed by atoms with Gasteiger partial charge in [0, 0.05) is 26.2 Å². The van der Waals surface area contributed by atoms with Crippen molar-refractivity contribution in [1.82, 2.24) is 10.2 Å². The van der Waals surface area contributed by atoms with Crippen LogP contribution in [-0.4, -0.2) is 43.6 Å². The molecule has 18 heavy (non-hydrogen) atoms. The Labute approximate surface area is 115 Å². The van der Waals surface area contributed by atoms with Gasteiger partial charge >= 0.3 is 0 Å². The van der Waals surface area contributed by atoms with Crippen LogP contribution in [0.1, 0.15) is 6.42 Å². The molecule has 4 nitrogen and oxygen atoms in total. The number of halogens is 1. The van der Waals surface area contributed by atoms with E-state index < -0.39 is 0 Å². The highest BCUT2D eigenvalue weighted by molar-refractivity contribution is 9.10. The molecule has 1 saturated heterocycles. The molecule has 1 heterocycles. The zero-order chi connectivity index (χ0) is 12.8. The maximum absolute atomic E-state index is 11.9. The third-order valence-electron chi connectivity index (χ3n) is 2.88. The van der Waals surface area contributed by atoms with Gasteiger partial charge in [0.25, 0.3) is 0 Å². The van der Waals surface area contributed by atoms with Gasteiger partial charge in [0.2, 0.25) is 5.91 Å². The molecule has 0 radical (unpaired) electrons. The Morgan fingerprint density at radius 3 is 2.78 bits per heavy atom. The summed E-state index contributed by atoms with van der Waals surface area (Å²) in [4.78, 5) is 13.8. The van der Waals surface area contributed by atoms with E-state index in [0.29, 0.717) is 13.0 Å². The van der Waals surface area contributed by atoms with E-state index >= 15 is 0 Å². The molecule has 1 aliphatic heterocycles. The van der Waals surface area contributed by atoms with Crippen molar-refractivity contribution in [3.8, 4) is 5.75 Å². The Bertz CT molecular complexity index is 406. The molecule has 0 unspecified atom stereocenters. The minimum absolute atomic E-state index is 0.170. The monoisotopic (exact) mass is 312 g/mol. The summed E-state index contributed by atoms with van der Waals surface area (Å²) in [6, 6.07) is 7.66. The number of nitrogens with zero attached hydrogens (tertiary/aromatic N) is 1. The van der Waals surface area contributed by atoms with Crippen molar-refractivity contribution in [1.29, 1.82) is 0 Å². The van der Waals surface area contributed by atoms with Gasteiger partial charge in [-0.15, -0.1) is 0 Å². The van der Waals surface area contributed by atoms with Crippen molar-refractivity contribution in [3.05, 3.63) is 28.7 Å². The number of ether oxygens (including phenoxy) is 1. The number of hydrogen-bond acceptors (Lipinski definition) is 3. The van der Waals surface area contributed by atoms with Crippen molar-refractivity contribution in [2.75, 3.05) is 32.8 Å². The van der Waals surface area contributed by atoms with Crippen molar-refractivity contribution >= 4 is 21.8 Å². The summed E-state index contributed by atoms with van der Waals surface area (Å²) in [6.07, 6.45) is 0.432. The second-order valence-electron chi connectivity index (χ2n) is 4.16. The Hall–Kier alpha value is -1.07. The van der Waals surface area contributed by atoms with Crippen molar-refractivity contribution in [2.45, 2.75) is 6.42 Å². The first-order chi connectivity index (χ1) is 8.77. The smallest absolute Gasteiger partial charge is 0.226 e. The predicted octanol–water partition coefficient (Wildman–Crippen LogP) is 1.65. The highest BCUT2D eigenvalue weighted by atomic mass is 79.9. The number of hydrogen-bond donors (Lipinski definition) is 1. The number of carbonyl (C=O) groups excluding carboxylic acids is 1. The summed E-state index contributed by atoms with van der Waals surface area (Å²) in [5, 5.41) is 3.23. The summed E-state index contributed by atoms with van der Waals surface area (Å²) >= 11 is 3.41. The molecule has 0 atom stereocenters. The van der Waals surface area contributed by atoms with Crippen LogP contribution in [0.3, 0.4) is 0 Å². The summed E-state index contributed by atoms with van der Waals surface area (Å²) in [6.45, 7) is 3.79. The fraction of sp³-hybridized carbons (Fsp3) is 0.462. The topological polar surface area (TPSA) is 41.6 Å². The number of rotatable bonds is 4. The van der Waals surface area contributed by atoms with Crippen LogP contribution in [0.5, 0.6) is 5.75 Å². The molecule has 0 aliphatic carbocycles. The highest BCUT2D eigenvalue weighted by Gasteiger charge is 2.15. The van der Waals surface area contributed by atoms with E-state index in [1.165, 1.54) is 0 Å². The van der Waals surface area contributed by atoms with E-state index in [1.54, 1.807) is 0 Å². The van der Waals surface area contributed by atoms with Crippen molar-refractivity contribution in [2.24, 2.45) is 0 Å². The molecule has 0 saturated carbocycles. The van der Waals surface area contributed by atoms with Crippen molar-refractivity contribution in [3.63, 3.8) is 0 Å². The molecule has 1 aliphatic rings. The molecule has 2 rings (SSSR count). The first-order valence-electron chi connectivity index (χ1n) is 6.13. The average Bonchev–Trinajstić information content (AvgIpc) is 2.42. The lowest BCUT2D eigenvalue weighted by molar-refractivity contribution is -0.132. The molecule has 98 valence electrons. The van der Waals surface area contributed by atoms with Gasteiger partial charge in [-0.1, -0.05) is 12.1 Å². The van der Waals surface area contributed by atoms with Gasteiger partial charge in [-0.2, -0.15) is 0 Å². The SMILES string of the molecule is O=C(CCOc1ccccc1Br)N1CCNCC1. The first-order valence-corrected chi connectivity index (χ1v) is 6.92. The minimum atomic E-state index is 0.170. The maximum Gasteiger partial charge on any atom is 0.226 e. The number of para-hydroxylation sites is 1. The van der Waals surface area contributed by atoms with Crippen molar-refractivity contribution < 1.29 is 9.53 Å². The van der Waals surface area contributed by atoms with Gasteiger partial charge in [0.05, 0.1) is 17.5 Å². The lowest BCUT2D eigenvalue weighted by Crippen LogP contribution is -2.46. The Kier molecular flexibility index (Phi) is 5.01. The molecule has 1 aromatic rings. The van der Waals surface area contributed by atoms with E-state index in [4.69, 9.17) is 4.74 Å². The quantitative estimate of drug-likeness (QED) is 0.919. The summed E-state index contributed by atoms with van der Waals surface area (Å²) in [5.41, 5.74) is 0. The van der Waals surface area contributed by atoms with Crippen LogP contribution in [0, 0.1) is 0 Å². The van der Waals surface area contributed by atoms with Crippen LogP contribution in [0.25, 0.3) is 0 Å². The third-order valence-corrected chi connectivity index (χ3v) is 3.53. The number of nitrogens with one attached hydrogen (secondary N) is 1. The molecule has 1 amide bonds. The summed E-state index contributed by atoms with van der Waals surface area (Å²) in [7, 11) is 0. The standard InChI is InChI=1S/C13H17BrN2O2/c14-11-3-1-2-4-12(11)18-10-5-13(17)16-8-6-15-7-9-16/h1-4,15H,5-10H2. The van der Waals surface area contributed by atoms with Gasteiger partial charge in [0.15, 0.2) is 0 Å². The molecule has 0 spiro atoms. The normalized spacial score (nSPS) is 15.5. The summed E-state index contributed by atoms with van der Waals surface area (Å²) in [5.74, 6) is 0.953. The molecule has 0 bridgehead atoms. The van der Waals surface area contributed by atoms with Crippen LogP contribution in [0.4, 0.5) is 0 Å². The van der Waals surface area contributed by atoms with E-state index in [1.807, 2.05) is 29.2 Å². The van der Waals surface area contributed by atoms with Gasteiger partial charge < -0.3 is 15.0 Å². The zero-order valence-electron chi connectivity index (χ0n) is 10.2. The van der Waals surface area contributed by atoms with Crippen LogP contribution in [0.15, 0.2) is 28.7 Å². The number of benzene rings is 1. The van der Waals surface area contributed by atoms with E-state index in [0.717, 1.165) is 36.4 Å². The largest absolute Gasteiger partial charge is 0.492 e. The van der Waals surface area contributed by atoms with Crippen LogP contribution >= 0.6 is 15.9 Å². The highest BCUT2D eigenvalue weighted by Crippen LogP contribution is 2.23. The molecular formula is C13H17BrN2O2. The molecule has 1 N–H and O–H groups in total. The maximum atomic E-state index is 11.9. The van der Waals surface area contributed by atoms with Gasteiger partial charge in [-0.05, 0) is 28.1 Å². The third kappa shape index (κ3) is 3.71. The zero-order valence-corrected chi connectivity index (χ0v) is 11.8. The van der Waals surface area contributed by atoms with E-state index in [2.05, 4.69) is 21.2 Å². The van der Waals surface area contributed by atoms with Crippen LogP contribution in [0.2, 0.25) is 0 Å². The number of carbonyl (C=O) groups is 1. The van der Waals surface area contributed by atoms with Crippen LogP contribution in [-0.2, 0) is 4.79 Å². The molecule has 1 fully saturated rings. The lowest BCUT2D eigenvalue weighted by atomic mass is 10.3. The Balaban J connectivity index is 1.75. The number of amides is 1. The van der Waals surface area contributed by atoms with E-state index in [9.17, 15) is 4.79 Å². The van der Waals surface area contributed by atoms with Gasteiger partial charge in [0.1, 0.15) is 5.75 Å². The fourth-order valence-electron chi connectivity index (χ4n) is 1.88. The summed E-state index contributed by atoms with van der Waals surface area (Å²) < 4.78 is 6.50. The Morgan fingerprint density at radius 1 is 1.33 bits per heavy atom. The lowest BCUT2D eigenvalue weighted by Gasteiger charge is -2.27. The first kappa shape index (κ1) is 13.4.